The number of ether oxygens (including phenoxy) is 1. The second kappa shape index (κ2) is 4.91. The van der Waals surface area contributed by atoms with Crippen LogP contribution in [0.2, 0.25) is 0 Å². The number of hydrogen-bond donors (Lipinski definition) is 0. The van der Waals surface area contributed by atoms with Crippen LogP contribution < -0.4 is 0 Å². The van der Waals surface area contributed by atoms with Crippen molar-refractivity contribution in [1.82, 2.24) is 4.90 Å². The van der Waals surface area contributed by atoms with E-state index in [1.54, 1.807) is 0 Å². The fourth-order valence-corrected chi connectivity index (χ4v) is 1.65. The van der Waals surface area contributed by atoms with E-state index in [0.717, 1.165) is 31.5 Å². The average Bonchev–Trinajstić information content (AvgIpc) is 2.14. The summed E-state index contributed by atoms with van der Waals surface area (Å²) in [6, 6.07) is 0. The summed E-state index contributed by atoms with van der Waals surface area (Å²) < 4.78 is 5.71. The van der Waals surface area contributed by atoms with Crippen molar-refractivity contribution in [3.8, 4) is 0 Å². The van der Waals surface area contributed by atoms with Crippen molar-refractivity contribution in [2.24, 2.45) is 11.3 Å². The predicted molar refractivity (Wildman–Crippen MR) is 64.5 cm³/mol. The van der Waals surface area contributed by atoms with Gasteiger partial charge in [0, 0.05) is 13.1 Å². The van der Waals surface area contributed by atoms with Crippen LogP contribution in [0.25, 0.3) is 0 Å². The lowest BCUT2D eigenvalue weighted by molar-refractivity contribution is 0.0533. The number of piperidine rings is 1. The van der Waals surface area contributed by atoms with Crippen LogP contribution in [-0.2, 0) is 4.74 Å². The molecule has 1 aliphatic heterocycles. The molecule has 0 aromatic heterocycles. The molecule has 15 heavy (non-hydrogen) atoms. The molecule has 0 aromatic carbocycles. The molecule has 0 amide bonds. The van der Waals surface area contributed by atoms with Crippen LogP contribution >= 0.6 is 0 Å². The number of likely N-dealkylation sites (tertiary alicyclic amines) is 1. The van der Waals surface area contributed by atoms with Gasteiger partial charge in [0.1, 0.15) is 0 Å². The Kier molecular flexibility index (Phi) is 4.06. The Balaban J connectivity index is 2.29. The second-order valence-corrected chi connectivity index (χ2v) is 5.91. The molecule has 0 aromatic rings. The zero-order valence-electron chi connectivity index (χ0n) is 10.7. The highest BCUT2D eigenvalue weighted by Crippen LogP contribution is 2.21. The molecule has 0 spiro atoms. The quantitative estimate of drug-likeness (QED) is 0.664. The molecule has 2 nitrogen and oxygen atoms in total. The Morgan fingerprint density at radius 3 is 2.33 bits per heavy atom. The van der Waals surface area contributed by atoms with Crippen LogP contribution in [-0.4, -0.2) is 24.6 Å². The van der Waals surface area contributed by atoms with Gasteiger partial charge in [-0.25, -0.2) is 0 Å². The fourth-order valence-electron chi connectivity index (χ4n) is 1.65. The summed E-state index contributed by atoms with van der Waals surface area (Å²) in [6.07, 6.45) is 2.52. The normalized spacial score (nSPS) is 19.1. The first-order valence-electron chi connectivity index (χ1n) is 5.95. The Morgan fingerprint density at radius 2 is 1.87 bits per heavy atom. The zero-order valence-corrected chi connectivity index (χ0v) is 10.7. The molecular weight excluding hydrogens is 186 g/mol. The van der Waals surface area contributed by atoms with Gasteiger partial charge in [0.05, 0.1) is 6.61 Å². The molecule has 1 aliphatic rings. The molecule has 0 saturated carbocycles. The summed E-state index contributed by atoms with van der Waals surface area (Å²) in [4.78, 5) is 2.27. The molecule has 1 saturated heterocycles. The van der Waals surface area contributed by atoms with E-state index in [2.05, 4.69) is 39.2 Å². The van der Waals surface area contributed by atoms with Crippen LogP contribution in [0.5, 0.6) is 0 Å². The minimum absolute atomic E-state index is 0.214. The summed E-state index contributed by atoms with van der Waals surface area (Å²) >= 11 is 0. The fraction of sp³-hybridized carbons (Fsp3) is 0.846. The molecule has 0 radical (unpaired) electrons. The number of rotatable bonds is 3. The molecule has 88 valence electrons. The van der Waals surface area contributed by atoms with Gasteiger partial charge in [-0.15, -0.1) is 0 Å². The maximum Gasteiger partial charge on any atom is 0.181 e. The first-order valence-corrected chi connectivity index (χ1v) is 5.95. The SMILES string of the molecule is C=C(OCC(C)(C)C)N1CCC(C)CC1. The maximum absolute atomic E-state index is 5.71. The molecule has 1 fully saturated rings. The lowest BCUT2D eigenvalue weighted by Gasteiger charge is -2.33. The number of hydrogen-bond acceptors (Lipinski definition) is 2. The number of nitrogens with zero attached hydrogens (tertiary/aromatic N) is 1. The van der Waals surface area contributed by atoms with Gasteiger partial charge in [-0.3, -0.25) is 0 Å². The third-order valence-electron chi connectivity index (χ3n) is 2.81. The highest BCUT2D eigenvalue weighted by atomic mass is 16.5. The highest BCUT2D eigenvalue weighted by molar-refractivity contribution is 4.87. The average molecular weight is 211 g/mol. The van der Waals surface area contributed by atoms with Crippen LogP contribution in [0.4, 0.5) is 0 Å². The van der Waals surface area contributed by atoms with E-state index in [1.165, 1.54) is 12.8 Å². The monoisotopic (exact) mass is 211 g/mol. The summed E-state index contributed by atoms with van der Waals surface area (Å²) in [7, 11) is 0. The molecule has 0 aliphatic carbocycles. The molecule has 0 unspecified atom stereocenters. The van der Waals surface area contributed by atoms with Gasteiger partial charge in [0.15, 0.2) is 5.88 Å². The van der Waals surface area contributed by atoms with Crippen molar-refractivity contribution < 1.29 is 4.74 Å². The second-order valence-electron chi connectivity index (χ2n) is 5.91. The van der Waals surface area contributed by atoms with Crippen molar-refractivity contribution >= 4 is 0 Å². The van der Waals surface area contributed by atoms with E-state index in [4.69, 9.17) is 4.74 Å². The van der Waals surface area contributed by atoms with Crippen molar-refractivity contribution in [3.63, 3.8) is 0 Å². The van der Waals surface area contributed by atoms with Crippen molar-refractivity contribution in [2.45, 2.75) is 40.5 Å². The third kappa shape index (κ3) is 4.59. The first kappa shape index (κ1) is 12.4. The smallest absolute Gasteiger partial charge is 0.181 e. The van der Waals surface area contributed by atoms with Gasteiger partial charge in [0.2, 0.25) is 0 Å². The minimum Gasteiger partial charge on any atom is -0.479 e. The minimum atomic E-state index is 0.214. The molecule has 2 heteroatoms. The maximum atomic E-state index is 5.71. The lowest BCUT2D eigenvalue weighted by Crippen LogP contribution is -2.33. The Labute approximate surface area is 94.3 Å². The van der Waals surface area contributed by atoms with Gasteiger partial charge in [-0.2, -0.15) is 0 Å². The molecule has 0 atom stereocenters. The standard InChI is InChI=1S/C13H25NO/c1-11-6-8-14(9-7-11)12(2)15-10-13(3,4)5/h11H,2,6-10H2,1,3-5H3. The van der Waals surface area contributed by atoms with E-state index in [-0.39, 0.29) is 5.41 Å². The summed E-state index contributed by atoms with van der Waals surface area (Å²) in [6.45, 7) is 15.8. The van der Waals surface area contributed by atoms with Crippen LogP contribution in [0.3, 0.4) is 0 Å². The molecule has 0 N–H and O–H groups in total. The van der Waals surface area contributed by atoms with E-state index >= 15 is 0 Å². The molecule has 1 rings (SSSR count). The van der Waals surface area contributed by atoms with E-state index in [0.29, 0.717) is 0 Å². The van der Waals surface area contributed by atoms with E-state index < -0.39 is 0 Å². The van der Waals surface area contributed by atoms with Gasteiger partial charge in [0.25, 0.3) is 0 Å². The molecular formula is C13H25NO. The van der Waals surface area contributed by atoms with Gasteiger partial charge in [-0.05, 0) is 30.8 Å². The van der Waals surface area contributed by atoms with Crippen LogP contribution in [0.15, 0.2) is 12.5 Å². The Bertz CT molecular complexity index is 209. The van der Waals surface area contributed by atoms with E-state index in [1.807, 2.05) is 0 Å². The lowest BCUT2D eigenvalue weighted by atomic mass is 9.98. The van der Waals surface area contributed by atoms with Gasteiger partial charge in [-0.1, -0.05) is 27.7 Å². The highest BCUT2D eigenvalue weighted by Gasteiger charge is 2.19. The predicted octanol–water partition coefficient (Wildman–Crippen LogP) is 3.25. The van der Waals surface area contributed by atoms with Crippen molar-refractivity contribution in [1.29, 1.82) is 0 Å². The Hall–Kier alpha value is -0.660. The van der Waals surface area contributed by atoms with Crippen molar-refractivity contribution in [3.05, 3.63) is 12.5 Å². The Morgan fingerprint density at radius 1 is 1.33 bits per heavy atom. The summed E-state index contributed by atoms with van der Waals surface area (Å²) in [5.41, 5.74) is 0.214. The largest absolute Gasteiger partial charge is 0.479 e. The first-order chi connectivity index (χ1) is 6.88. The van der Waals surface area contributed by atoms with E-state index in [9.17, 15) is 0 Å². The van der Waals surface area contributed by atoms with Gasteiger partial charge >= 0.3 is 0 Å². The molecule has 1 heterocycles. The van der Waals surface area contributed by atoms with Crippen LogP contribution in [0, 0.1) is 11.3 Å². The van der Waals surface area contributed by atoms with Gasteiger partial charge < -0.3 is 9.64 Å². The van der Waals surface area contributed by atoms with Crippen molar-refractivity contribution in [2.75, 3.05) is 19.7 Å². The molecule has 0 bridgehead atoms. The zero-order chi connectivity index (χ0) is 11.5. The summed E-state index contributed by atoms with van der Waals surface area (Å²) in [5, 5.41) is 0. The topological polar surface area (TPSA) is 12.5 Å². The third-order valence-corrected chi connectivity index (χ3v) is 2.81. The summed E-state index contributed by atoms with van der Waals surface area (Å²) in [5.74, 6) is 1.72. The van der Waals surface area contributed by atoms with Crippen LogP contribution in [0.1, 0.15) is 40.5 Å².